The van der Waals surface area contributed by atoms with Gasteiger partial charge in [-0.2, -0.15) is 0 Å². The smallest absolute Gasteiger partial charge is 0.119 e. The van der Waals surface area contributed by atoms with Gasteiger partial charge in [-0.3, -0.25) is 0 Å². The molecule has 0 heterocycles. The summed E-state index contributed by atoms with van der Waals surface area (Å²) in [6, 6.07) is 8.78. The molecule has 1 aromatic carbocycles. The van der Waals surface area contributed by atoms with E-state index < -0.39 is 0 Å². The van der Waals surface area contributed by atoms with Crippen molar-refractivity contribution in [1.82, 2.24) is 5.32 Å². The molecule has 0 amide bonds. The molecule has 0 radical (unpaired) electrons. The maximum Gasteiger partial charge on any atom is 0.119 e. The summed E-state index contributed by atoms with van der Waals surface area (Å²) >= 11 is 0. The molecule has 0 spiro atoms. The van der Waals surface area contributed by atoms with Crippen LogP contribution in [0.25, 0.3) is 0 Å². The summed E-state index contributed by atoms with van der Waals surface area (Å²) in [7, 11) is 0. The van der Waals surface area contributed by atoms with E-state index in [-0.39, 0.29) is 0 Å². The third-order valence-corrected chi connectivity index (χ3v) is 4.45. The van der Waals surface area contributed by atoms with Crippen LogP contribution in [-0.4, -0.2) is 19.7 Å². The van der Waals surface area contributed by atoms with E-state index in [4.69, 9.17) is 4.74 Å². The van der Waals surface area contributed by atoms with Crippen LogP contribution in [-0.2, 0) is 0 Å². The Balaban J connectivity index is 2.07. The van der Waals surface area contributed by atoms with Gasteiger partial charge in [-0.05, 0) is 55.8 Å². The van der Waals surface area contributed by atoms with Crippen molar-refractivity contribution in [2.75, 3.05) is 19.7 Å². The molecular formula is C18H29NO. The van der Waals surface area contributed by atoms with Crippen molar-refractivity contribution >= 4 is 0 Å². The predicted octanol–water partition coefficient (Wildman–Crippen LogP) is 4.36. The van der Waals surface area contributed by atoms with Crippen LogP contribution in [0.5, 0.6) is 5.75 Å². The SMILES string of the molecule is CCNCC(c1ccc(OCC)cc1)C1CCCCC1. The summed E-state index contributed by atoms with van der Waals surface area (Å²) in [5, 5.41) is 3.55. The van der Waals surface area contributed by atoms with Crippen molar-refractivity contribution in [1.29, 1.82) is 0 Å². The normalized spacial score (nSPS) is 17.9. The van der Waals surface area contributed by atoms with Gasteiger partial charge in [0.25, 0.3) is 0 Å². The van der Waals surface area contributed by atoms with Crippen molar-refractivity contribution in [2.24, 2.45) is 5.92 Å². The number of hydrogen-bond acceptors (Lipinski definition) is 2. The van der Waals surface area contributed by atoms with Crippen LogP contribution >= 0.6 is 0 Å². The molecule has 1 atom stereocenters. The van der Waals surface area contributed by atoms with E-state index in [1.165, 1.54) is 37.7 Å². The highest BCUT2D eigenvalue weighted by Crippen LogP contribution is 2.36. The first-order chi connectivity index (χ1) is 9.85. The van der Waals surface area contributed by atoms with Crippen LogP contribution < -0.4 is 10.1 Å². The summed E-state index contributed by atoms with van der Waals surface area (Å²) in [5.74, 6) is 2.49. The zero-order valence-electron chi connectivity index (χ0n) is 13.0. The van der Waals surface area contributed by atoms with E-state index in [0.29, 0.717) is 5.92 Å². The summed E-state index contributed by atoms with van der Waals surface area (Å²) < 4.78 is 5.55. The summed E-state index contributed by atoms with van der Waals surface area (Å²) in [6.07, 6.45) is 7.02. The topological polar surface area (TPSA) is 21.3 Å². The predicted molar refractivity (Wildman–Crippen MR) is 85.5 cm³/mol. The summed E-state index contributed by atoms with van der Waals surface area (Å²) in [4.78, 5) is 0. The van der Waals surface area contributed by atoms with Crippen molar-refractivity contribution < 1.29 is 4.74 Å². The van der Waals surface area contributed by atoms with Crippen molar-refractivity contribution in [3.8, 4) is 5.75 Å². The molecule has 2 nitrogen and oxygen atoms in total. The van der Waals surface area contributed by atoms with E-state index in [1.54, 1.807) is 0 Å². The monoisotopic (exact) mass is 275 g/mol. The molecule has 112 valence electrons. The minimum atomic E-state index is 0.658. The Morgan fingerprint density at radius 1 is 1.10 bits per heavy atom. The minimum absolute atomic E-state index is 0.658. The quantitative estimate of drug-likeness (QED) is 0.798. The van der Waals surface area contributed by atoms with Crippen LogP contribution in [0.3, 0.4) is 0 Å². The van der Waals surface area contributed by atoms with Crippen LogP contribution in [0.15, 0.2) is 24.3 Å². The first kappa shape index (κ1) is 15.4. The van der Waals surface area contributed by atoms with Gasteiger partial charge in [0.2, 0.25) is 0 Å². The van der Waals surface area contributed by atoms with Gasteiger partial charge in [0.05, 0.1) is 6.61 Å². The lowest BCUT2D eigenvalue weighted by atomic mass is 9.76. The largest absolute Gasteiger partial charge is 0.494 e. The van der Waals surface area contributed by atoms with Gasteiger partial charge in [0, 0.05) is 6.54 Å². The van der Waals surface area contributed by atoms with E-state index in [0.717, 1.165) is 31.4 Å². The molecule has 20 heavy (non-hydrogen) atoms. The molecule has 2 heteroatoms. The maximum atomic E-state index is 5.55. The lowest BCUT2D eigenvalue weighted by Crippen LogP contribution is -2.27. The lowest BCUT2D eigenvalue weighted by Gasteiger charge is -2.31. The highest BCUT2D eigenvalue weighted by atomic mass is 16.5. The highest BCUT2D eigenvalue weighted by molar-refractivity contribution is 5.30. The first-order valence-electron chi connectivity index (χ1n) is 8.28. The third-order valence-electron chi connectivity index (χ3n) is 4.45. The number of likely N-dealkylation sites (N-methyl/N-ethyl adjacent to an activating group) is 1. The van der Waals surface area contributed by atoms with Crippen molar-refractivity contribution in [3.05, 3.63) is 29.8 Å². The number of benzene rings is 1. The number of ether oxygens (including phenoxy) is 1. The van der Waals surface area contributed by atoms with Crippen LogP contribution in [0, 0.1) is 5.92 Å². The fourth-order valence-corrected chi connectivity index (χ4v) is 3.37. The molecule has 0 aliphatic heterocycles. The second-order valence-corrected chi connectivity index (χ2v) is 5.81. The lowest BCUT2D eigenvalue weighted by molar-refractivity contribution is 0.297. The fraction of sp³-hybridized carbons (Fsp3) is 0.667. The van der Waals surface area contributed by atoms with Gasteiger partial charge in [-0.25, -0.2) is 0 Å². The molecule has 1 unspecified atom stereocenters. The highest BCUT2D eigenvalue weighted by Gasteiger charge is 2.24. The Hall–Kier alpha value is -1.02. The van der Waals surface area contributed by atoms with Crippen LogP contribution in [0.1, 0.15) is 57.4 Å². The third kappa shape index (κ3) is 4.24. The molecule has 1 aliphatic carbocycles. The molecule has 0 aromatic heterocycles. The molecule has 2 rings (SSSR count). The Kier molecular flexibility index (Phi) is 6.38. The van der Waals surface area contributed by atoms with E-state index >= 15 is 0 Å². The summed E-state index contributed by atoms with van der Waals surface area (Å²) in [5.41, 5.74) is 1.47. The molecule has 0 saturated heterocycles. The van der Waals surface area contributed by atoms with Crippen LogP contribution in [0.2, 0.25) is 0 Å². The van der Waals surface area contributed by atoms with Crippen molar-refractivity contribution in [2.45, 2.75) is 51.9 Å². The standard InChI is InChI=1S/C18H29NO/c1-3-19-14-18(15-8-6-5-7-9-15)16-10-12-17(13-11-16)20-4-2/h10-13,15,18-19H,3-9,14H2,1-2H3. The Labute approximate surface area is 123 Å². The zero-order chi connectivity index (χ0) is 14.2. The average Bonchev–Trinajstić information content (AvgIpc) is 2.51. The van der Waals surface area contributed by atoms with Gasteiger partial charge in [-0.15, -0.1) is 0 Å². The average molecular weight is 275 g/mol. The fourth-order valence-electron chi connectivity index (χ4n) is 3.37. The van der Waals surface area contributed by atoms with Gasteiger partial charge in [-0.1, -0.05) is 38.3 Å². The van der Waals surface area contributed by atoms with Gasteiger partial charge in [0.15, 0.2) is 0 Å². The molecule has 1 saturated carbocycles. The second kappa shape index (κ2) is 8.31. The van der Waals surface area contributed by atoms with Crippen molar-refractivity contribution in [3.63, 3.8) is 0 Å². The van der Waals surface area contributed by atoms with Crippen LogP contribution in [0.4, 0.5) is 0 Å². The van der Waals surface area contributed by atoms with Gasteiger partial charge >= 0.3 is 0 Å². The molecule has 0 bridgehead atoms. The maximum absolute atomic E-state index is 5.55. The molecule has 1 aliphatic rings. The Morgan fingerprint density at radius 2 is 1.80 bits per heavy atom. The molecule has 1 aromatic rings. The Morgan fingerprint density at radius 3 is 2.40 bits per heavy atom. The Bertz CT molecular complexity index is 368. The first-order valence-corrected chi connectivity index (χ1v) is 8.28. The number of hydrogen-bond donors (Lipinski definition) is 1. The zero-order valence-corrected chi connectivity index (χ0v) is 13.0. The molecule has 1 N–H and O–H groups in total. The molecule has 1 fully saturated rings. The van der Waals surface area contributed by atoms with E-state index in [9.17, 15) is 0 Å². The van der Waals surface area contributed by atoms with E-state index in [1.807, 2.05) is 6.92 Å². The summed E-state index contributed by atoms with van der Waals surface area (Å²) in [6.45, 7) is 7.12. The molecular weight excluding hydrogens is 246 g/mol. The second-order valence-electron chi connectivity index (χ2n) is 5.81. The van der Waals surface area contributed by atoms with E-state index in [2.05, 4.69) is 36.5 Å². The number of nitrogens with one attached hydrogen (secondary N) is 1. The number of rotatable bonds is 7. The minimum Gasteiger partial charge on any atom is -0.494 e. The van der Waals surface area contributed by atoms with Gasteiger partial charge < -0.3 is 10.1 Å². The van der Waals surface area contributed by atoms with Gasteiger partial charge in [0.1, 0.15) is 5.75 Å².